The second kappa shape index (κ2) is 13.0. The monoisotopic (exact) mass is 655 g/mol. The second-order valence-electron chi connectivity index (χ2n) is 12.5. The standard InChI is InChI=1S/C48H33NS/c1-3-15-35(16-4-1)39-19-7-8-20-40(39)41-21-9-10-22-42(41)43-23-11-13-25-46(43)49(37-17-5-2-6-18-37)38-30-27-34(28-31-38)36-29-32-48-45(33-36)44-24-12-14-26-47(44)50-48/h1-33H. The molecule has 0 spiro atoms. The molecule has 1 aromatic heterocycles. The molecule has 9 aromatic rings. The summed E-state index contributed by atoms with van der Waals surface area (Å²) in [7, 11) is 0. The summed E-state index contributed by atoms with van der Waals surface area (Å²) >= 11 is 1.86. The number of hydrogen-bond acceptors (Lipinski definition) is 2. The van der Waals surface area contributed by atoms with Crippen molar-refractivity contribution in [3.05, 3.63) is 200 Å². The fourth-order valence-electron chi connectivity index (χ4n) is 7.15. The van der Waals surface area contributed by atoms with Crippen LogP contribution in [0, 0.1) is 0 Å². The fraction of sp³-hybridized carbons (Fsp3) is 0. The SMILES string of the molecule is c1ccc(-c2ccccc2-c2ccccc2-c2ccccc2N(c2ccccc2)c2ccc(-c3ccc4sc5ccccc5c4c3)cc2)cc1. The highest BCUT2D eigenvalue weighted by Crippen LogP contribution is 2.45. The number of fused-ring (bicyclic) bond motifs is 3. The smallest absolute Gasteiger partial charge is 0.0540 e. The number of rotatable bonds is 7. The van der Waals surface area contributed by atoms with Crippen LogP contribution in [0.3, 0.4) is 0 Å². The average molecular weight is 656 g/mol. The van der Waals surface area contributed by atoms with E-state index < -0.39 is 0 Å². The van der Waals surface area contributed by atoms with Crippen LogP contribution in [0.1, 0.15) is 0 Å². The zero-order chi connectivity index (χ0) is 33.3. The number of benzene rings is 8. The molecule has 0 atom stereocenters. The summed E-state index contributed by atoms with van der Waals surface area (Å²) in [6, 6.07) is 72.3. The average Bonchev–Trinajstić information content (AvgIpc) is 3.57. The molecule has 8 aromatic carbocycles. The van der Waals surface area contributed by atoms with Crippen molar-refractivity contribution in [2.45, 2.75) is 0 Å². The predicted octanol–water partition coefficient (Wildman–Crippen LogP) is 14.2. The van der Waals surface area contributed by atoms with Crippen LogP contribution in [-0.4, -0.2) is 0 Å². The molecule has 0 amide bonds. The molecule has 0 aliphatic heterocycles. The first-order valence-electron chi connectivity index (χ1n) is 17.0. The topological polar surface area (TPSA) is 3.24 Å². The zero-order valence-corrected chi connectivity index (χ0v) is 28.2. The molecule has 1 nitrogen and oxygen atoms in total. The number of para-hydroxylation sites is 2. The van der Waals surface area contributed by atoms with Crippen molar-refractivity contribution in [3.8, 4) is 44.5 Å². The van der Waals surface area contributed by atoms with Crippen LogP contribution in [0.25, 0.3) is 64.7 Å². The maximum atomic E-state index is 2.38. The molecule has 0 radical (unpaired) electrons. The van der Waals surface area contributed by atoms with E-state index in [1.165, 1.54) is 64.7 Å². The van der Waals surface area contributed by atoms with Gasteiger partial charge >= 0.3 is 0 Å². The molecule has 236 valence electrons. The van der Waals surface area contributed by atoms with Crippen LogP contribution >= 0.6 is 11.3 Å². The quantitative estimate of drug-likeness (QED) is 0.165. The minimum absolute atomic E-state index is 1.11. The van der Waals surface area contributed by atoms with Crippen molar-refractivity contribution < 1.29 is 0 Å². The van der Waals surface area contributed by atoms with Gasteiger partial charge in [-0.1, -0.05) is 152 Å². The Labute approximate surface area is 297 Å². The van der Waals surface area contributed by atoms with Crippen LogP contribution in [0.2, 0.25) is 0 Å². The Bertz CT molecular complexity index is 2580. The van der Waals surface area contributed by atoms with E-state index in [1.807, 2.05) is 11.3 Å². The lowest BCUT2D eigenvalue weighted by Gasteiger charge is -2.28. The first kappa shape index (κ1) is 29.9. The normalized spacial score (nSPS) is 11.2. The third-order valence-electron chi connectivity index (χ3n) is 9.51. The van der Waals surface area contributed by atoms with Gasteiger partial charge in [0.25, 0.3) is 0 Å². The highest BCUT2D eigenvalue weighted by Gasteiger charge is 2.20. The summed E-state index contributed by atoms with van der Waals surface area (Å²) in [4.78, 5) is 2.38. The summed E-state index contributed by atoms with van der Waals surface area (Å²) in [5, 5.41) is 2.64. The lowest BCUT2D eigenvalue weighted by atomic mass is 9.88. The van der Waals surface area contributed by atoms with Crippen molar-refractivity contribution in [2.75, 3.05) is 4.90 Å². The lowest BCUT2D eigenvalue weighted by Crippen LogP contribution is -2.11. The van der Waals surface area contributed by atoms with Crippen molar-refractivity contribution in [2.24, 2.45) is 0 Å². The van der Waals surface area contributed by atoms with Gasteiger partial charge in [0.05, 0.1) is 5.69 Å². The van der Waals surface area contributed by atoms with E-state index >= 15 is 0 Å². The molecule has 1 heterocycles. The second-order valence-corrected chi connectivity index (χ2v) is 13.6. The first-order valence-corrected chi connectivity index (χ1v) is 17.8. The van der Waals surface area contributed by atoms with Gasteiger partial charge in [0.2, 0.25) is 0 Å². The first-order chi connectivity index (χ1) is 24.8. The fourth-order valence-corrected chi connectivity index (χ4v) is 8.24. The molecule has 0 bridgehead atoms. The molecule has 0 unspecified atom stereocenters. The zero-order valence-electron chi connectivity index (χ0n) is 27.4. The molecule has 0 aliphatic carbocycles. The maximum Gasteiger partial charge on any atom is 0.0540 e. The van der Waals surface area contributed by atoms with Crippen LogP contribution < -0.4 is 4.90 Å². The molecular weight excluding hydrogens is 623 g/mol. The van der Waals surface area contributed by atoms with Crippen molar-refractivity contribution in [1.29, 1.82) is 0 Å². The maximum absolute atomic E-state index is 2.38. The Morgan fingerprint density at radius 2 is 0.800 bits per heavy atom. The van der Waals surface area contributed by atoms with Gasteiger partial charge in [0.15, 0.2) is 0 Å². The Morgan fingerprint density at radius 3 is 1.54 bits per heavy atom. The minimum atomic E-state index is 1.11. The largest absolute Gasteiger partial charge is 0.310 e. The van der Waals surface area contributed by atoms with E-state index in [4.69, 9.17) is 0 Å². The Balaban J connectivity index is 1.16. The van der Waals surface area contributed by atoms with Gasteiger partial charge < -0.3 is 4.90 Å². The van der Waals surface area contributed by atoms with Gasteiger partial charge in [0, 0.05) is 37.1 Å². The predicted molar refractivity (Wildman–Crippen MR) is 216 cm³/mol. The van der Waals surface area contributed by atoms with E-state index in [0.717, 1.165) is 17.1 Å². The summed E-state index contributed by atoms with van der Waals surface area (Å²) < 4.78 is 2.65. The van der Waals surface area contributed by atoms with Crippen molar-refractivity contribution >= 4 is 48.6 Å². The molecule has 0 aliphatic rings. The molecule has 0 fully saturated rings. The van der Waals surface area contributed by atoms with Crippen LogP contribution in [0.5, 0.6) is 0 Å². The number of nitrogens with zero attached hydrogens (tertiary/aromatic N) is 1. The molecule has 2 heteroatoms. The molecular formula is C48H33NS. The summed E-state index contributed by atoms with van der Waals surface area (Å²) in [6.07, 6.45) is 0. The number of anilines is 3. The van der Waals surface area contributed by atoms with Gasteiger partial charge in [-0.15, -0.1) is 11.3 Å². The third kappa shape index (κ3) is 5.46. The van der Waals surface area contributed by atoms with Crippen LogP contribution in [0.15, 0.2) is 200 Å². The van der Waals surface area contributed by atoms with Crippen LogP contribution in [0.4, 0.5) is 17.1 Å². The number of hydrogen-bond donors (Lipinski definition) is 0. The van der Waals surface area contributed by atoms with Gasteiger partial charge in [-0.25, -0.2) is 0 Å². The van der Waals surface area contributed by atoms with Crippen molar-refractivity contribution in [3.63, 3.8) is 0 Å². The molecule has 0 saturated heterocycles. The summed E-state index contributed by atoms with van der Waals surface area (Å²) in [6.45, 7) is 0. The minimum Gasteiger partial charge on any atom is -0.310 e. The lowest BCUT2D eigenvalue weighted by molar-refractivity contribution is 1.28. The van der Waals surface area contributed by atoms with Gasteiger partial charge in [0.1, 0.15) is 0 Å². The highest BCUT2D eigenvalue weighted by molar-refractivity contribution is 7.25. The van der Waals surface area contributed by atoms with E-state index in [2.05, 4.69) is 205 Å². The van der Waals surface area contributed by atoms with E-state index in [1.54, 1.807) is 0 Å². The van der Waals surface area contributed by atoms with Gasteiger partial charge in [-0.2, -0.15) is 0 Å². The van der Waals surface area contributed by atoms with Crippen molar-refractivity contribution in [1.82, 2.24) is 0 Å². The molecule has 50 heavy (non-hydrogen) atoms. The highest BCUT2D eigenvalue weighted by atomic mass is 32.1. The third-order valence-corrected chi connectivity index (χ3v) is 10.7. The summed E-state index contributed by atoms with van der Waals surface area (Å²) in [5.74, 6) is 0. The van der Waals surface area contributed by atoms with Crippen LogP contribution in [-0.2, 0) is 0 Å². The Morgan fingerprint density at radius 1 is 0.300 bits per heavy atom. The Kier molecular flexibility index (Phi) is 7.77. The van der Waals surface area contributed by atoms with E-state index in [0.29, 0.717) is 0 Å². The summed E-state index contributed by atoms with van der Waals surface area (Å²) in [5.41, 5.74) is 13.0. The van der Waals surface area contributed by atoms with Gasteiger partial charge in [-0.3, -0.25) is 0 Å². The number of thiophene rings is 1. The molecule has 9 rings (SSSR count). The van der Waals surface area contributed by atoms with E-state index in [9.17, 15) is 0 Å². The Hall–Kier alpha value is -6.22. The van der Waals surface area contributed by atoms with Gasteiger partial charge in [-0.05, 0) is 87.5 Å². The molecule has 0 saturated carbocycles. The molecule has 0 N–H and O–H groups in total. The van der Waals surface area contributed by atoms with E-state index in [-0.39, 0.29) is 0 Å².